The molecule has 3 nitrogen and oxygen atoms in total. The quantitative estimate of drug-likeness (QED) is 0.547. The van der Waals surface area contributed by atoms with Crippen LogP contribution in [0.5, 0.6) is 0 Å². The predicted molar refractivity (Wildman–Crippen MR) is 31.0 cm³/mol. The summed E-state index contributed by atoms with van der Waals surface area (Å²) in [6.45, 7) is 1.81. The van der Waals surface area contributed by atoms with E-state index in [4.69, 9.17) is 4.42 Å². The Bertz CT molecular complexity index is 205. The summed E-state index contributed by atoms with van der Waals surface area (Å²) >= 11 is 0. The van der Waals surface area contributed by atoms with E-state index in [2.05, 4.69) is 4.98 Å². The summed E-state index contributed by atoms with van der Waals surface area (Å²) < 4.78 is 4.86. The van der Waals surface area contributed by atoms with Crippen LogP contribution >= 0.6 is 0 Å². The first-order valence-electron chi connectivity index (χ1n) is 2.67. The number of carbonyl (C=O) groups excluding carboxylic acids is 1. The second-order valence-electron chi connectivity index (χ2n) is 1.73. The van der Waals surface area contributed by atoms with Crippen LogP contribution in [0.3, 0.4) is 0 Å². The van der Waals surface area contributed by atoms with E-state index in [-0.39, 0.29) is 0 Å². The van der Waals surface area contributed by atoms with Crippen molar-refractivity contribution in [3.8, 4) is 0 Å². The van der Waals surface area contributed by atoms with Crippen molar-refractivity contribution in [1.82, 2.24) is 4.98 Å². The van der Waals surface area contributed by atoms with Gasteiger partial charge in [0.15, 0.2) is 6.39 Å². The monoisotopic (exact) mass is 125 g/mol. The lowest BCUT2D eigenvalue weighted by atomic mass is 10.3. The van der Waals surface area contributed by atoms with Gasteiger partial charge >= 0.3 is 0 Å². The van der Waals surface area contributed by atoms with E-state index in [1.165, 1.54) is 6.39 Å². The number of aromatic nitrogens is 1. The molecule has 0 radical (unpaired) electrons. The topological polar surface area (TPSA) is 43.1 Å². The largest absolute Gasteiger partial charge is 0.448 e. The Kier molecular flexibility index (Phi) is 1.63. The van der Waals surface area contributed by atoms with Crippen LogP contribution in [0.15, 0.2) is 10.8 Å². The van der Waals surface area contributed by atoms with Gasteiger partial charge in [0.2, 0.25) is 0 Å². The van der Waals surface area contributed by atoms with Gasteiger partial charge in [-0.05, 0) is 6.92 Å². The Morgan fingerprint density at radius 1 is 1.89 bits per heavy atom. The highest BCUT2D eigenvalue weighted by atomic mass is 16.3. The molecule has 1 rings (SSSR count). The van der Waals surface area contributed by atoms with Gasteiger partial charge in [-0.25, -0.2) is 4.98 Å². The fourth-order valence-electron chi connectivity index (χ4n) is 0.598. The zero-order chi connectivity index (χ0) is 6.69. The lowest BCUT2D eigenvalue weighted by Gasteiger charge is -1.84. The maximum absolute atomic E-state index is 9.94. The van der Waals surface area contributed by atoms with Crippen molar-refractivity contribution in [3.63, 3.8) is 0 Å². The van der Waals surface area contributed by atoms with Crippen LogP contribution in [0, 0.1) is 6.92 Å². The van der Waals surface area contributed by atoms with Gasteiger partial charge in [0.25, 0.3) is 0 Å². The van der Waals surface area contributed by atoms with Gasteiger partial charge in [-0.15, -0.1) is 0 Å². The van der Waals surface area contributed by atoms with Crippen LogP contribution in [0.1, 0.15) is 11.5 Å². The molecule has 0 spiro atoms. The van der Waals surface area contributed by atoms with E-state index < -0.39 is 0 Å². The Hall–Kier alpha value is -1.12. The van der Waals surface area contributed by atoms with Crippen molar-refractivity contribution >= 4 is 6.29 Å². The van der Waals surface area contributed by atoms with Crippen LogP contribution in [-0.2, 0) is 11.2 Å². The van der Waals surface area contributed by atoms with Crippen LogP contribution in [0.4, 0.5) is 0 Å². The van der Waals surface area contributed by atoms with E-state index in [1.807, 2.05) is 6.92 Å². The molecule has 0 unspecified atom stereocenters. The second kappa shape index (κ2) is 2.44. The minimum atomic E-state index is 0.325. The summed E-state index contributed by atoms with van der Waals surface area (Å²) in [6, 6.07) is 0. The number of aldehydes is 1. The number of oxazole rings is 1. The first-order chi connectivity index (χ1) is 4.34. The number of nitrogens with zero attached hydrogens (tertiary/aromatic N) is 1. The molecule has 1 aromatic rings. The van der Waals surface area contributed by atoms with Crippen LogP contribution in [0.2, 0.25) is 0 Å². The molecule has 3 heteroatoms. The van der Waals surface area contributed by atoms with Crippen LogP contribution in [-0.4, -0.2) is 11.3 Å². The van der Waals surface area contributed by atoms with Gasteiger partial charge < -0.3 is 9.21 Å². The normalized spacial score (nSPS) is 9.44. The zero-order valence-electron chi connectivity index (χ0n) is 5.13. The van der Waals surface area contributed by atoms with Crippen LogP contribution in [0.25, 0.3) is 0 Å². The predicted octanol–water partition coefficient (Wildman–Crippen LogP) is 0.724. The third kappa shape index (κ3) is 1.16. The summed E-state index contributed by atoms with van der Waals surface area (Å²) in [5.41, 5.74) is 0.794. The average Bonchev–Trinajstić information content (AvgIpc) is 2.18. The molecule has 0 N–H and O–H groups in total. The number of rotatable bonds is 2. The molecule has 0 atom stereocenters. The van der Waals surface area contributed by atoms with Crippen molar-refractivity contribution in [2.45, 2.75) is 13.3 Å². The molecule has 0 amide bonds. The molecule has 48 valence electrons. The maximum atomic E-state index is 9.94. The molecular formula is C6H7NO2. The fraction of sp³-hybridized carbons (Fsp3) is 0.333. The minimum absolute atomic E-state index is 0.325. The fourth-order valence-corrected chi connectivity index (χ4v) is 0.598. The van der Waals surface area contributed by atoms with E-state index >= 15 is 0 Å². The standard InChI is InChI=1S/C6H7NO2/c1-5-6(2-3-8)9-4-7-5/h3-4H,2H2,1H3. The molecule has 0 saturated heterocycles. The number of carbonyl (C=O) groups is 1. The first kappa shape index (κ1) is 6.01. The van der Waals surface area contributed by atoms with E-state index in [9.17, 15) is 4.79 Å². The van der Waals surface area contributed by atoms with Gasteiger partial charge in [-0.2, -0.15) is 0 Å². The molecule has 0 fully saturated rings. The average molecular weight is 125 g/mol. The lowest BCUT2D eigenvalue weighted by Crippen LogP contribution is -1.84. The molecule has 0 aliphatic rings. The second-order valence-corrected chi connectivity index (χ2v) is 1.73. The summed E-state index contributed by atoms with van der Waals surface area (Å²) in [6.07, 6.45) is 2.47. The summed E-state index contributed by atoms with van der Waals surface area (Å²) in [7, 11) is 0. The van der Waals surface area contributed by atoms with Gasteiger partial charge in [0.05, 0.1) is 12.1 Å². The minimum Gasteiger partial charge on any atom is -0.448 e. The molecule has 9 heavy (non-hydrogen) atoms. The van der Waals surface area contributed by atoms with E-state index in [0.29, 0.717) is 12.2 Å². The van der Waals surface area contributed by atoms with E-state index in [0.717, 1.165) is 12.0 Å². The highest BCUT2D eigenvalue weighted by Gasteiger charge is 1.99. The van der Waals surface area contributed by atoms with Crippen molar-refractivity contribution in [2.24, 2.45) is 0 Å². The lowest BCUT2D eigenvalue weighted by molar-refractivity contribution is -0.107. The molecule has 0 aliphatic carbocycles. The first-order valence-corrected chi connectivity index (χ1v) is 2.67. The SMILES string of the molecule is Cc1ncoc1CC=O. The molecule has 0 bridgehead atoms. The molecular weight excluding hydrogens is 118 g/mol. The molecule has 1 aromatic heterocycles. The summed E-state index contributed by atoms with van der Waals surface area (Å²) in [5.74, 6) is 0.657. The summed E-state index contributed by atoms with van der Waals surface area (Å²) in [4.78, 5) is 13.7. The van der Waals surface area contributed by atoms with Crippen molar-refractivity contribution < 1.29 is 9.21 Å². The number of hydrogen-bond donors (Lipinski definition) is 0. The molecule has 1 heterocycles. The van der Waals surface area contributed by atoms with Gasteiger partial charge in [-0.1, -0.05) is 0 Å². The smallest absolute Gasteiger partial charge is 0.181 e. The van der Waals surface area contributed by atoms with E-state index in [1.54, 1.807) is 0 Å². The Morgan fingerprint density at radius 3 is 3.11 bits per heavy atom. The Morgan fingerprint density at radius 2 is 2.67 bits per heavy atom. The highest BCUT2D eigenvalue weighted by Crippen LogP contribution is 2.03. The van der Waals surface area contributed by atoms with Gasteiger partial charge in [-0.3, -0.25) is 0 Å². The third-order valence-electron chi connectivity index (χ3n) is 1.11. The van der Waals surface area contributed by atoms with Gasteiger partial charge in [0.1, 0.15) is 12.0 Å². The van der Waals surface area contributed by atoms with Crippen molar-refractivity contribution in [3.05, 3.63) is 17.8 Å². The van der Waals surface area contributed by atoms with Crippen molar-refractivity contribution in [1.29, 1.82) is 0 Å². The third-order valence-corrected chi connectivity index (χ3v) is 1.11. The van der Waals surface area contributed by atoms with Crippen molar-refractivity contribution in [2.75, 3.05) is 0 Å². The van der Waals surface area contributed by atoms with Crippen LogP contribution < -0.4 is 0 Å². The zero-order valence-corrected chi connectivity index (χ0v) is 5.13. The molecule has 0 saturated carbocycles. The number of hydrogen-bond acceptors (Lipinski definition) is 3. The molecule has 0 aromatic carbocycles. The Balaban J connectivity index is 2.80. The highest BCUT2D eigenvalue weighted by molar-refractivity contribution is 5.53. The summed E-state index contributed by atoms with van der Waals surface area (Å²) in [5, 5.41) is 0. The maximum Gasteiger partial charge on any atom is 0.181 e. The molecule has 0 aliphatic heterocycles. The van der Waals surface area contributed by atoms with Gasteiger partial charge in [0, 0.05) is 0 Å². The number of aryl methyl sites for hydroxylation is 1. The Labute approximate surface area is 52.7 Å².